The van der Waals surface area contributed by atoms with Crippen molar-refractivity contribution in [1.29, 1.82) is 0 Å². The standard InChI is InChI=1S/C29H29N5O5S/c1-17-25(27(37)34-22(28(38)39-3)16-30-26(36)24-13-8-14-40-24)18(2)33-29(32-17)31-15-19-9-4-5-10-20(19)21-11-6-7-12-23(21)35/h4-14,22,35H,15-16H2,1-3H3,(H,30,36)(H,34,37)(H,31,32,33)/t22-/m0/s1. The molecule has 0 aliphatic heterocycles. The van der Waals surface area contributed by atoms with Gasteiger partial charge < -0.3 is 25.8 Å². The van der Waals surface area contributed by atoms with E-state index in [1.807, 2.05) is 36.4 Å². The summed E-state index contributed by atoms with van der Waals surface area (Å²) in [6, 6.07) is 17.1. The average Bonchev–Trinajstić information content (AvgIpc) is 3.49. The monoisotopic (exact) mass is 559 g/mol. The normalized spacial score (nSPS) is 11.4. The van der Waals surface area contributed by atoms with Crippen molar-refractivity contribution < 1.29 is 24.2 Å². The van der Waals surface area contributed by atoms with Gasteiger partial charge in [0.15, 0.2) is 0 Å². The lowest BCUT2D eigenvalue weighted by Gasteiger charge is -2.18. The van der Waals surface area contributed by atoms with E-state index in [-0.39, 0.29) is 23.8 Å². The molecule has 0 aliphatic rings. The summed E-state index contributed by atoms with van der Waals surface area (Å²) in [6.45, 7) is 3.58. The molecule has 0 spiro atoms. The zero-order valence-corrected chi connectivity index (χ0v) is 23.0. The number of anilines is 1. The molecule has 4 aromatic rings. The number of carbonyl (C=O) groups is 3. The summed E-state index contributed by atoms with van der Waals surface area (Å²) >= 11 is 1.27. The Balaban J connectivity index is 1.46. The molecular weight excluding hydrogens is 530 g/mol. The number of phenols is 1. The van der Waals surface area contributed by atoms with Crippen molar-refractivity contribution in [2.24, 2.45) is 0 Å². The molecule has 4 rings (SSSR count). The number of nitrogens with one attached hydrogen (secondary N) is 3. The predicted octanol–water partition coefficient (Wildman–Crippen LogP) is 3.84. The number of rotatable bonds is 10. The fourth-order valence-corrected chi connectivity index (χ4v) is 4.83. The SMILES string of the molecule is COC(=O)[C@H](CNC(=O)c1cccs1)NC(=O)c1c(C)nc(NCc2ccccc2-c2ccccc2O)nc1C. The van der Waals surface area contributed by atoms with Crippen molar-refractivity contribution in [3.05, 3.63) is 93.4 Å². The van der Waals surface area contributed by atoms with Gasteiger partial charge in [0.1, 0.15) is 11.8 Å². The number of ether oxygens (including phenoxy) is 1. The first kappa shape index (κ1) is 28.2. The molecule has 206 valence electrons. The molecule has 0 aliphatic carbocycles. The quantitative estimate of drug-likeness (QED) is 0.215. The Labute approximate surface area is 235 Å². The second-order valence-electron chi connectivity index (χ2n) is 8.86. The van der Waals surface area contributed by atoms with Crippen molar-refractivity contribution in [3.63, 3.8) is 0 Å². The highest BCUT2D eigenvalue weighted by Gasteiger charge is 2.26. The van der Waals surface area contributed by atoms with E-state index in [2.05, 4.69) is 25.9 Å². The Hall–Kier alpha value is -4.77. The van der Waals surface area contributed by atoms with E-state index in [1.165, 1.54) is 18.4 Å². The summed E-state index contributed by atoms with van der Waals surface area (Å²) in [7, 11) is 1.21. The first-order chi connectivity index (χ1) is 19.3. The number of para-hydroxylation sites is 1. The van der Waals surface area contributed by atoms with Crippen molar-refractivity contribution >= 4 is 35.1 Å². The summed E-state index contributed by atoms with van der Waals surface area (Å²) < 4.78 is 4.82. The van der Waals surface area contributed by atoms with Gasteiger partial charge in [-0.15, -0.1) is 11.3 Å². The highest BCUT2D eigenvalue weighted by molar-refractivity contribution is 7.12. The third kappa shape index (κ3) is 6.62. The van der Waals surface area contributed by atoms with Gasteiger partial charge >= 0.3 is 5.97 Å². The van der Waals surface area contributed by atoms with E-state index in [4.69, 9.17) is 4.74 Å². The molecule has 2 amide bonds. The topological polar surface area (TPSA) is 143 Å². The van der Waals surface area contributed by atoms with Crippen molar-refractivity contribution in [2.75, 3.05) is 19.0 Å². The number of methoxy groups -OCH3 is 1. The molecule has 0 radical (unpaired) electrons. The third-order valence-corrected chi connectivity index (χ3v) is 7.02. The van der Waals surface area contributed by atoms with Gasteiger partial charge in [0.05, 0.1) is 28.9 Å². The molecule has 0 saturated carbocycles. The van der Waals surface area contributed by atoms with Crippen LogP contribution in [0.5, 0.6) is 5.75 Å². The first-order valence-electron chi connectivity index (χ1n) is 12.4. The number of amides is 2. The lowest BCUT2D eigenvalue weighted by molar-refractivity contribution is -0.142. The number of carbonyl (C=O) groups excluding carboxylic acids is 3. The minimum Gasteiger partial charge on any atom is -0.507 e. The molecule has 0 saturated heterocycles. The fraction of sp³-hybridized carbons (Fsp3) is 0.207. The van der Waals surface area contributed by atoms with Gasteiger partial charge in [0.25, 0.3) is 11.8 Å². The van der Waals surface area contributed by atoms with E-state index >= 15 is 0 Å². The number of aromatic nitrogens is 2. The summed E-state index contributed by atoms with van der Waals surface area (Å²) in [5.41, 5.74) is 3.55. The van der Waals surface area contributed by atoms with Gasteiger partial charge in [0.2, 0.25) is 5.95 Å². The van der Waals surface area contributed by atoms with Crippen LogP contribution in [0.4, 0.5) is 5.95 Å². The van der Waals surface area contributed by atoms with Crippen LogP contribution in [0.1, 0.15) is 37.0 Å². The van der Waals surface area contributed by atoms with E-state index in [1.54, 1.807) is 43.5 Å². The van der Waals surface area contributed by atoms with Crippen LogP contribution in [0, 0.1) is 13.8 Å². The largest absolute Gasteiger partial charge is 0.507 e. The summed E-state index contributed by atoms with van der Waals surface area (Å²) in [6.07, 6.45) is 0. The number of nitrogens with zero attached hydrogens (tertiary/aromatic N) is 2. The average molecular weight is 560 g/mol. The molecule has 2 aromatic heterocycles. The lowest BCUT2D eigenvalue weighted by Crippen LogP contribution is -2.49. The van der Waals surface area contributed by atoms with Gasteiger partial charge in [0, 0.05) is 18.7 Å². The minimum absolute atomic E-state index is 0.149. The summed E-state index contributed by atoms with van der Waals surface area (Å²) in [4.78, 5) is 47.2. The van der Waals surface area contributed by atoms with E-state index in [0.29, 0.717) is 34.3 Å². The Kier molecular flexibility index (Phi) is 9.07. The fourth-order valence-electron chi connectivity index (χ4n) is 4.19. The molecule has 40 heavy (non-hydrogen) atoms. The number of aryl methyl sites for hydroxylation is 2. The van der Waals surface area contributed by atoms with Crippen LogP contribution in [0.2, 0.25) is 0 Å². The van der Waals surface area contributed by atoms with Gasteiger partial charge in [-0.2, -0.15) is 0 Å². The van der Waals surface area contributed by atoms with Crippen LogP contribution in [0.25, 0.3) is 11.1 Å². The minimum atomic E-state index is -1.11. The Morgan fingerprint density at radius 1 is 0.925 bits per heavy atom. The third-order valence-electron chi connectivity index (χ3n) is 6.15. The molecular formula is C29H29N5O5S. The molecule has 11 heteroatoms. The number of benzene rings is 2. The van der Waals surface area contributed by atoms with Crippen molar-refractivity contribution in [2.45, 2.75) is 26.4 Å². The maximum atomic E-state index is 13.2. The van der Waals surface area contributed by atoms with Crippen LogP contribution in [0.3, 0.4) is 0 Å². The molecule has 0 fully saturated rings. The number of thiophene rings is 1. The summed E-state index contributed by atoms with van der Waals surface area (Å²) in [5.74, 6) is -1.10. The number of hydrogen-bond acceptors (Lipinski definition) is 9. The Morgan fingerprint density at radius 2 is 1.60 bits per heavy atom. The zero-order valence-electron chi connectivity index (χ0n) is 22.2. The van der Waals surface area contributed by atoms with Gasteiger partial charge in [-0.3, -0.25) is 9.59 Å². The predicted molar refractivity (Wildman–Crippen MR) is 152 cm³/mol. The summed E-state index contributed by atoms with van der Waals surface area (Å²) in [5, 5.41) is 20.6. The smallest absolute Gasteiger partial charge is 0.330 e. The van der Waals surface area contributed by atoms with E-state index in [0.717, 1.165) is 11.1 Å². The van der Waals surface area contributed by atoms with Crippen LogP contribution in [0.15, 0.2) is 66.0 Å². The zero-order chi connectivity index (χ0) is 28.6. The van der Waals surface area contributed by atoms with Crippen LogP contribution >= 0.6 is 11.3 Å². The van der Waals surface area contributed by atoms with Gasteiger partial charge in [-0.25, -0.2) is 14.8 Å². The number of aromatic hydroxyl groups is 1. The lowest BCUT2D eigenvalue weighted by atomic mass is 9.99. The molecule has 4 N–H and O–H groups in total. The maximum absolute atomic E-state index is 13.2. The Bertz CT molecular complexity index is 1500. The molecule has 0 unspecified atom stereocenters. The maximum Gasteiger partial charge on any atom is 0.330 e. The molecule has 2 heterocycles. The van der Waals surface area contributed by atoms with Gasteiger partial charge in [-0.1, -0.05) is 48.5 Å². The van der Waals surface area contributed by atoms with E-state index in [9.17, 15) is 19.5 Å². The highest BCUT2D eigenvalue weighted by Crippen LogP contribution is 2.31. The van der Waals surface area contributed by atoms with Crippen molar-refractivity contribution in [3.8, 4) is 16.9 Å². The first-order valence-corrected chi connectivity index (χ1v) is 13.3. The number of esters is 1. The molecule has 0 bridgehead atoms. The van der Waals surface area contributed by atoms with Crippen LogP contribution in [-0.2, 0) is 16.1 Å². The van der Waals surface area contributed by atoms with Gasteiger partial charge in [-0.05, 0) is 42.5 Å². The van der Waals surface area contributed by atoms with Crippen molar-refractivity contribution in [1.82, 2.24) is 20.6 Å². The number of hydrogen-bond donors (Lipinski definition) is 4. The second-order valence-corrected chi connectivity index (χ2v) is 9.81. The van der Waals surface area contributed by atoms with Crippen LogP contribution < -0.4 is 16.0 Å². The molecule has 10 nitrogen and oxygen atoms in total. The number of phenolic OH excluding ortho intramolecular Hbond substituents is 1. The Morgan fingerprint density at radius 3 is 2.25 bits per heavy atom. The second kappa shape index (κ2) is 12.9. The molecule has 2 aromatic carbocycles. The van der Waals surface area contributed by atoms with E-state index < -0.39 is 17.9 Å². The highest BCUT2D eigenvalue weighted by atomic mass is 32.1. The molecule has 1 atom stereocenters. The van der Waals surface area contributed by atoms with Crippen LogP contribution in [-0.4, -0.2) is 52.6 Å².